The largest absolute Gasteiger partial charge is 0.497 e. The lowest BCUT2D eigenvalue weighted by molar-refractivity contribution is -0.856. The molecule has 0 fully saturated rings. The normalized spacial score (nSPS) is 11.2. The van der Waals surface area contributed by atoms with Crippen LogP contribution in [0.4, 0.5) is 5.13 Å². The highest BCUT2D eigenvalue weighted by atomic mass is 32.1. The van der Waals surface area contributed by atoms with Crippen LogP contribution >= 0.6 is 11.3 Å². The number of benzene rings is 2. The highest BCUT2D eigenvalue weighted by molar-refractivity contribution is 7.22. The van der Waals surface area contributed by atoms with Gasteiger partial charge in [0, 0.05) is 0 Å². The van der Waals surface area contributed by atoms with Gasteiger partial charge in [-0.1, -0.05) is 36.5 Å². The zero-order valence-corrected chi connectivity index (χ0v) is 17.8. The molecule has 2 aromatic carbocycles. The molecule has 0 radical (unpaired) electrons. The number of hydrogen-bond acceptors (Lipinski definition) is 4. The number of likely N-dealkylation sites (N-methyl/N-ethyl adjacent to an activating group) is 1. The molecule has 0 bridgehead atoms. The van der Waals surface area contributed by atoms with Crippen LogP contribution in [0.1, 0.15) is 18.1 Å². The van der Waals surface area contributed by atoms with Crippen molar-refractivity contribution in [3.05, 3.63) is 53.6 Å². The second kappa shape index (κ2) is 9.17. The summed E-state index contributed by atoms with van der Waals surface area (Å²) in [5, 5.41) is 0.781. The van der Waals surface area contributed by atoms with Gasteiger partial charge in [0.2, 0.25) is 5.91 Å². The van der Waals surface area contributed by atoms with E-state index in [4.69, 9.17) is 9.72 Å². The van der Waals surface area contributed by atoms with Gasteiger partial charge in [-0.15, -0.1) is 0 Å². The number of aryl methyl sites for hydroxylation is 1. The van der Waals surface area contributed by atoms with Crippen LogP contribution in [0, 0.1) is 0 Å². The van der Waals surface area contributed by atoms with Crippen LogP contribution in [0.5, 0.6) is 5.75 Å². The number of fused-ring (bicyclic) bond motifs is 1. The summed E-state index contributed by atoms with van der Waals surface area (Å²) in [7, 11) is 5.83. The maximum atomic E-state index is 13.1. The minimum atomic E-state index is 0.0705. The molecule has 1 aromatic heterocycles. The van der Waals surface area contributed by atoms with Crippen molar-refractivity contribution in [1.82, 2.24) is 4.98 Å². The molecule has 0 unspecified atom stereocenters. The number of nitrogens with zero attached hydrogens (tertiary/aromatic N) is 2. The molecule has 0 aliphatic carbocycles. The Bertz CT molecular complexity index is 935. The molecule has 0 aliphatic rings. The van der Waals surface area contributed by atoms with E-state index in [1.165, 1.54) is 10.5 Å². The van der Waals surface area contributed by atoms with Crippen molar-refractivity contribution in [1.29, 1.82) is 0 Å². The Hall–Kier alpha value is -2.44. The minimum absolute atomic E-state index is 0.0705. The number of carbonyl (C=O) groups is 1. The van der Waals surface area contributed by atoms with E-state index in [0.717, 1.165) is 39.6 Å². The molecule has 1 N–H and O–H groups in total. The standard InChI is InChI=1S/C22H27N3O2S/c1-5-16-8-11-19-20(14-16)28-22(23-19)25(13-12-24(2)3)21(26)15-17-6-9-18(27-4)10-7-17/h6-11,14H,5,12-13,15H2,1-4H3/p+1. The van der Waals surface area contributed by atoms with Crippen molar-refractivity contribution in [2.45, 2.75) is 19.8 Å². The number of rotatable bonds is 8. The first kappa shape index (κ1) is 20.3. The number of aromatic nitrogens is 1. The summed E-state index contributed by atoms with van der Waals surface area (Å²) < 4.78 is 6.34. The summed E-state index contributed by atoms with van der Waals surface area (Å²) in [6.45, 7) is 3.66. The SMILES string of the molecule is CCc1ccc2nc(N(CC[NH+](C)C)C(=O)Cc3ccc(OC)cc3)sc2c1. The Kier molecular flexibility index (Phi) is 6.65. The minimum Gasteiger partial charge on any atom is -0.497 e. The second-order valence-electron chi connectivity index (χ2n) is 7.18. The lowest BCUT2D eigenvalue weighted by atomic mass is 10.1. The predicted molar refractivity (Wildman–Crippen MR) is 116 cm³/mol. The molecular formula is C22H28N3O2S+. The Balaban J connectivity index is 1.85. The van der Waals surface area contributed by atoms with Gasteiger partial charge in [-0.05, 0) is 41.8 Å². The van der Waals surface area contributed by atoms with Crippen LogP contribution in [0.15, 0.2) is 42.5 Å². The van der Waals surface area contributed by atoms with E-state index in [9.17, 15) is 4.79 Å². The number of quaternary nitrogens is 1. The second-order valence-corrected chi connectivity index (χ2v) is 8.19. The third kappa shape index (κ3) is 4.88. The summed E-state index contributed by atoms with van der Waals surface area (Å²) in [4.78, 5) is 21.0. The van der Waals surface area contributed by atoms with Crippen LogP contribution in [-0.4, -0.2) is 45.2 Å². The average molecular weight is 399 g/mol. The third-order valence-corrected chi connectivity index (χ3v) is 5.77. The van der Waals surface area contributed by atoms with E-state index >= 15 is 0 Å². The number of ether oxygens (including phenoxy) is 1. The quantitative estimate of drug-likeness (QED) is 0.634. The Labute approximate surface area is 170 Å². The molecule has 1 amide bonds. The van der Waals surface area contributed by atoms with Crippen molar-refractivity contribution in [2.75, 3.05) is 39.2 Å². The van der Waals surface area contributed by atoms with E-state index < -0.39 is 0 Å². The van der Waals surface area contributed by atoms with Crippen molar-refractivity contribution in [2.24, 2.45) is 0 Å². The van der Waals surface area contributed by atoms with Crippen molar-refractivity contribution in [3.8, 4) is 5.75 Å². The first-order valence-corrected chi connectivity index (χ1v) is 10.4. The smallest absolute Gasteiger partial charge is 0.233 e. The fourth-order valence-corrected chi connectivity index (χ4v) is 4.04. The van der Waals surface area contributed by atoms with Crippen molar-refractivity contribution >= 4 is 32.6 Å². The van der Waals surface area contributed by atoms with Gasteiger partial charge in [-0.2, -0.15) is 0 Å². The van der Waals surface area contributed by atoms with E-state index in [-0.39, 0.29) is 5.91 Å². The molecule has 28 heavy (non-hydrogen) atoms. The fraction of sp³-hybridized carbons (Fsp3) is 0.364. The summed E-state index contributed by atoms with van der Waals surface area (Å²) in [5.41, 5.74) is 3.22. The number of methoxy groups -OCH3 is 1. The summed E-state index contributed by atoms with van der Waals surface area (Å²) >= 11 is 1.60. The van der Waals surface area contributed by atoms with E-state index in [0.29, 0.717) is 13.0 Å². The zero-order chi connectivity index (χ0) is 20.1. The van der Waals surface area contributed by atoms with Gasteiger partial charge in [-0.3, -0.25) is 9.69 Å². The lowest BCUT2D eigenvalue weighted by Crippen LogP contribution is -3.06. The molecule has 1 heterocycles. The highest BCUT2D eigenvalue weighted by Crippen LogP contribution is 2.30. The summed E-state index contributed by atoms with van der Waals surface area (Å²) in [5.74, 6) is 0.864. The van der Waals surface area contributed by atoms with Crippen LogP contribution in [0.2, 0.25) is 0 Å². The monoisotopic (exact) mass is 398 g/mol. The number of carbonyl (C=O) groups excluding carboxylic acids is 1. The van der Waals surface area contributed by atoms with Crippen LogP contribution in [-0.2, 0) is 17.6 Å². The van der Waals surface area contributed by atoms with Gasteiger partial charge in [0.25, 0.3) is 0 Å². The van der Waals surface area contributed by atoms with Crippen LogP contribution in [0.3, 0.4) is 0 Å². The summed E-state index contributed by atoms with van der Waals surface area (Å²) in [6, 6.07) is 14.0. The molecule has 0 saturated heterocycles. The first-order chi connectivity index (χ1) is 13.5. The zero-order valence-electron chi connectivity index (χ0n) is 17.0. The van der Waals surface area contributed by atoms with Gasteiger partial charge < -0.3 is 9.64 Å². The topological polar surface area (TPSA) is 46.9 Å². The molecule has 0 spiro atoms. The number of nitrogens with one attached hydrogen (secondary N) is 1. The van der Waals surface area contributed by atoms with E-state index in [2.05, 4.69) is 39.2 Å². The van der Waals surface area contributed by atoms with Gasteiger partial charge >= 0.3 is 0 Å². The van der Waals surface area contributed by atoms with Gasteiger partial charge in [0.15, 0.2) is 5.13 Å². The number of thiazole rings is 1. The Morgan fingerprint density at radius 2 is 1.86 bits per heavy atom. The van der Waals surface area contributed by atoms with Crippen molar-refractivity contribution in [3.63, 3.8) is 0 Å². The predicted octanol–water partition coefficient (Wildman–Crippen LogP) is 2.59. The number of anilines is 1. The molecule has 0 saturated carbocycles. The first-order valence-electron chi connectivity index (χ1n) is 9.62. The molecule has 5 nitrogen and oxygen atoms in total. The van der Waals surface area contributed by atoms with Gasteiger partial charge in [0.05, 0.1) is 50.9 Å². The summed E-state index contributed by atoms with van der Waals surface area (Å²) in [6.07, 6.45) is 1.34. The van der Waals surface area contributed by atoms with E-state index in [1.54, 1.807) is 18.4 Å². The molecule has 0 atom stereocenters. The molecule has 3 aromatic rings. The lowest BCUT2D eigenvalue weighted by Gasteiger charge is -2.20. The fourth-order valence-electron chi connectivity index (χ4n) is 2.97. The number of hydrogen-bond donors (Lipinski definition) is 1. The highest BCUT2D eigenvalue weighted by Gasteiger charge is 2.21. The average Bonchev–Trinajstić information content (AvgIpc) is 3.11. The molecule has 3 rings (SSSR count). The maximum Gasteiger partial charge on any atom is 0.233 e. The molecule has 148 valence electrons. The van der Waals surface area contributed by atoms with Crippen LogP contribution < -0.4 is 14.5 Å². The number of amides is 1. The maximum absolute atomic E-state index is 13.1. The molecule has 0 aliphatic heterocycles. The van der Waals surface area contributed by atoms with Crippen molar-refractivity contribution < 1.29 is 14.4 Å². The Morgan fingerprint density at radius 3 is 2.50 bits per heavy atom. The molecule has 6 heteroatoms. The van der Waals surface area contributed by atoms with Crippen LogP contribution in [0.25, 0.3) is 10.2 Å². The van der Waals surface area contributed by atoms with Gasteiger partial charge in [-0.25, -0.2) is 4.98 Å². The Morgan fingerprint density at radius 1 is 1.14 bits per heavy atom. The third-order valence-electron chi connectivity index (χ3n) is 4.73. The van der Waals surface area contributed by atoms with E-state index in [1.807, 2.05) is 29.2 Å². The molecular weight excluding hydrogens is 370 g/mol. The van der Waals surface area contributed by atoms with Gasteiger partial charge in [0.1, 0.15) is 5.75 Å².